The maximum atomic E-state index is 6.28. The molecule has 1 fully saturated rings. The molecule has 0 radical (unpaired) electrons. The third-order valence-electron chi connectivity index (χ3n) is 4.95. The molecule has 3 heteroatoms. The van der Waals surface area contributed by atoms with Gasteiger partial charge in [0.05, 0.1) is 11.5 Å². The number of ether oxygens (including phenoxy) is 1. The molecule has 0 amide bonds. The molecule has 0 N–H and O–H groups in total. The lowest BCUT2D eigenvalue weighted by molar-refractivity contribution is 0.431. The molecule has 1 aliphatic heterocycles. The minimum atomic E-state index is -1.54. The summed E-state index contributed by atoms with van der Waals surface area (Å²) in [5, 5.41) is 3.02. The Labute approximate surface area is 130 Å². The molecule has 0 aliphatic carbocycles. The minimum Gasteiger partial charge on any atom is -0.376 e. The van der Waals surface area contributed by atoms with E-state index in [1.54, 1.807) is 0 Å². The molecule has 21 heavy (non-hydrogen) atoms. The van der Waals surface area contributed by atoms with Gasteiger partial charge in [-0.05, 0) is 0 Å². The van der Waals surface area contributed by atoms with Crippen LogP contribution in [0.5, 0.6) is 0 Å². The number of hydrogen-bond acceptors (Lipinski definition) is 1. The van der Waals surface area contributed by atoms with Crippen molar-refractivity contribution in [3.8, 4) is 0 Å². The second-order valence-electron chi connectivity index (χ2n) is 7.15. The molecule has 110 valence electrons. The fraction of sp³-hybridized carbons (Fsp3) is 0.333. The first-order valence-electron chi connectivity index (χ1n) is 7.70. The van der Waals surface area contributed by atoms with Gasteiger partial charge in [0.15, 0.2) is 0 Å². The molecule has 0 spiro atoms. The van der Waals surface area contributed by atoms with E-state index in [2.05, 4.69) is 86.9 Å². The summed E-state index contributed by atoms with van der Waals surface area (Å²) in [5.74, 6) is 0. The van der Waals surface area contributed by atoms with E-state index in [9.17, 15) is 0 Å². The summed E-state index contributed by atoms with van der Waals surface area (Å²) >= 11 is 0. The van der Waals surface area contributed by atoms with Crippen molar-refractivity contribution in [2.45, 2.75) is 37.6 Å². The second-order valence-corrected chi connectivity index (χ2v) is 16.3. The summed E-state index contributed by atoms with van der Waals surface area (Å²) in [6, 6.07) is 21.9. The average molecular weight is 313 g/mol. The van der Waals surface area contributed by atoms with Crippen molar-refractivity contribution in [3.05, 3.63) is 60.7 Å². The van der Waals surface area contributed by atoms with E-state index in [0.717, 1.165) is 0 Å². The maximum absolute atomic E-state index is 6.28. The molecule has 1 saturated heterocycles. The summed E-state index contributed by atoms with van der Waals surface area (Å²) in [4.78, 5) is 0. The highest BCUT2D eigenvalue weighted by atomic mass is 28.3. The van der Waals surface area contributed by atoms with E-state index in [4.69, 9.17) is 4.74 Å². The lowest BCUT2D eigenvalue weighted by atomic mass is 10.4. The van der Waals surface area contributed by atoms with Gasteiger partial charge in [-0.3, -0.25) is 0 Å². The summed E-state index contributed by atoms with van der Waals surface area (Å²) in [5.41, 5.74) is 0.948. The van der Waals surface area contributed by atoms with Crippen LogP contribution in [0.3, 0.4) is 0 Å². The minimum absolute atomic E-state index is 0.474. The highest BCUT2D eigenvalue weighted by Crippen LogP contribution is 2.37. The lowest BCUT2D eigenvalue weighted by Crippen LogP contribution is -2.54. The van der Waals surface area contributed by atoms with Crippen molar-refractivity contribution in [1.82, 2.24) is 0 Å². The second kappa shape index (κ2) is 5.23. The van der Waals surface area contributed by atoms with Crippen LogP contribution < -0.4 is 10.4 Å². The molecule has 1 nitrogen and oxygen atoms in total. The fourth-order valence-electron chi connectivity index (χ4n) is 3.27. The molecular formula is C18H24OSi2. The Balaban J connectivity index is 1.83. The van der Waals surface area contributed by atoms with Crippen LogP contribution in [0.25, 0.3) is 0 Å². The van der Waals surface area contributed by atoms with Gasteiger partial charge in [0.2, 0.25) is 0 Å². The normalized spacial score (nSPS) is 22.1. The molecule has 2 atom stereocenters. The SMILES string of the molecule is C[Si](C)(c1ccccc1)[C@H]1O[C@@H]1[Si](C)(C)c1ccccc1. The summed E-state index contributed by atoms with van der Waals surface area (Å²) < 4.78 is 6.28. The van der Waals surface area contributed by atoms with Crippen LogP contribution in [0.4, 0.5) is 0 Å². The predicted molar refractivity (Wildman–Crippen MR) is 95.8 cm³/mol. The number of rotatable bonds is 4. The smallest absolute Gasteiger partial charge is 0.116 e. The standard InChI is InChI=1S/C18H24OSi2/c1-20(2,15-11-7-5-8-12-15)17-18(19-17)21(3,4)16-13-9-6-10-14-16/h5-14,17-18H,1-4H3/t17-,18-/m1/s1. The zero-order valence-electron chi connectivity index (χ0n) is 13.3. The van der Waals surface area contributed by atoms with Gasteiger partial charge in [0.25, 0.3) is 0 Å². The van der Waals surface area contributed by atoms with Gasteiger partial charge >= 0.3 is 0 Å². The Morgan fingerprint density at radius 2 is 0.952 bits per heavy atom. The highest BCUT2D eigenvalue weighted by Gasteiger charge is 2.58. The summed E-state index contributed by atoms with van der Waals surface area (Å²) in [7, 11) is -3.08. The van der Waals surface area contributed by atoms with Crippen LogP contribution >= 0.6 is 0 Å². The van der Waals surface area contributed by atoms with Gasteiger partial charge in [-0.2, -0.15) is 0 Å². The van der Waals surface area contributed by atoms with Crippen molar-refractivity contribution < 1.29 is 4.74 Å². The Morgan fingerprint density at radius 3 is 1.29 bits per heavy atom. The first-order valence-corrected chi connectivity index (χ1v) is 13.9. The maximum Gasteiger partial charge on any atom is 0.116 e. The van der Waals surface area contributed by atoms with Crippen molar-refractivity contribution >= 4 is 26.5 Å². The molecule has 2 aromatic carbocycles. The van der Waals surface area contributed by atoms with Crippen LogP contribution in [0.15, 0.2) is 60.7 Å². The van der Waals surface area contributed by atoms with Crippen molar-refractivity contribution in [1.29, 1.82) is 0 Å². The van der Waals surface area contributed by atoms with Crippen LogP contribution in [-0.2, 0) is 4.74 Å². The topological polar surface area (TPSA) is 12.5 Å². The number of benzene rings is 2. The van der Waals surface area contributed by atoms with Crippen LogP contribution in [0.2, 0.25) is 26.2 Å². The Morgan fingerprint density at radius 1 is 0.619 bits per heavy atom. The van der Waals surface area contributed by atoms with Crippen LogP contribution in [0, 0.1) is 0 Å². The molecule has 3 rings (SSSR count). The molecule has 1 aliphatic rings. The lowest BCUT2D eigenvalue weighted by Gasteiger charge is -2.25. The van der Waals surface area contributed by atoms with E-state index in [0.29, 0.717) is 11.5 Å². The summed E-state index contributed by atoms with van der Waals surface area (Å²) in [6.07, 6.45) is 0. The van der Waals surface area contributed by atoms with Gasteiger partial charge in [0, 0.05) is 0 Å². The predicted octanol–water partition coefficient (Wildman–Crippen LogP) is 3.06. The van der Waals surface area contributed by atoms with Gasteiger partial charge in [0.1, 0.15) is 16.1 Å². The molecular weight excluding hydrogens is 288 g/mol. The fourth-order valence-corrected chi connectivity index (χ4v) is 11.2. The number of hydrogen-bond donors (Lipinski definition) is 0. The van der Waals surface area contributed by atoms with E-state index in [-0.39, 0.29) is 0 Å². The third kappa shape index (κ3) is 2.66. The average Bonchev–Trinajstić information content (AvgIpc) is 3.31. The largest absolute Gasteiger partial charge is 0.376 e. The highest BCUT2D eigenvalue weighted by molar-refractivity contribution is 6.97. The Bertz CT molecular complexity index is 552. The van der Waals surface area contributed by atoms with Crippen LogP contribution in [0.1, 0.15) is 0 Å². The van der Waals surface area contributed by atoms with Crippen molar-refractivity contribution in [3.63, 3.8) is 0 Å². The zero-order valence-corrected chi connectivity index (χ0v) is 15.3. The molecule has 2 aromatic rings. The first-order chi connectivity index (χ1) is 9.94. The molecule has 0 aromatic heterocycles. The van der Waals surface area contributed by atoms with Crippen LogP contribution in [-0.4, -0.2) is 27.6 Å². The number of epoxide rings is 1. The van der Waals surface area contributed by atoms with Gasteiger partial charge in [-0.1, -0.05) is 97.2 Å². The van der Waals surface area contributed by atoms with Gasteiger partial charge in [-0.25, -0.2) is 0 Å². The monoisotopic (exact) mass is 312 g/mol. The molecule has 0 bridgehead atoms. The van der Waals surface area contributed by atoms with E-state index >= 15 is 0 Å². The summed E-state index contributed by atoms with van der Waals surface area (Å²) in [6.45, 7) is 9.79. The zero-order chi connectivity index (χ0) is 15.1. The van der Waals surface area contributed by atoms with Crippen molar-refractivity contribution in [2.24, 2.45) is 0 Å². The van der Waals surface area contributed by atoms with Gasteiger partial charge in [-0.15, -0.1) is 0 Å². The Kier molecular flexibility index (Phi) is 3.68. The molecule has 0 unspecified atom stereocenters. The third-order valence-corrected chi connectivity index (χ3v) is 12.6. The van der Waals surface area contributed by atoms with E-state index < -0.39 is 16.1 Å². The molecule has 0 saturated carbocycles. The van der Waals surface area contributed by atoms with E-state index in [1.165, 1.54) is 10.4 Å². The first kappa shape index (κ1) is 14.8. The van der Waals surface area contributed by atoms with Gasteiger partial charge < -0.3 is 4.74 Å². The quantitative estimate of drug-likeness (QED) is 0.624. The Hall–Kier alpha value is -1.17. The van der Waals surface area contributed by atoms with E-state index in [1.807, 2.05) is 0 Å². The molecule has 1 heterocycles. The van der Waals surface area contributed by atoms with Crippen molar-refractivity contribution in [2.75, 3.05) is 0 Å².